The van der Waals surface area contributed by atoms with E-state index in [4.69, 9.17) is 4.74 Å². The molecule has 0 radical (unpaired) electrons. The van der Waals surface area contributed by atoms with Gasteiger partial charge in [-0.1, -0.05) is 12.1 Å². The Morgan fingerprint density at radius 1 is 1.24 bits per heavy atom. The molecule has 1 atom stereocenters. The van der Waals surface area contributed by atoms with Crippen molar-refractivity contribution in [2.45, 2.75) is 13.0 Å². The number of carbonyl (C=O) groups excluding carboxylic acids is 1. The minimum Gasteiger partial charge on any atom is -0.485 e. The Morgan fingerprint density at radius 2 is 2.00 bits per heavy atom. The molecule has 0 fully saturated rings. The molecule has 132 valence electrons. The van der Waals surface area contributed by atoms with Crippen molar-refractivity contribution in [1.29, 1.82) is 0 Å². The molecule has 6 heteroatoms. The van der Waals surface area contributed by atoms with Crippen LogP contribution in [0.15, 0.2) is 42.5 Å². The summed E-state index contributed by atoms with van der Waals surface area (Å²) in [7, 11) is 1.63. The van der Waals surface area contributed by atoms with E-state index < -0.39 is 11.6 Å². The quantitative estimate of drug-likeness (QED) is 0.851. The van der Waals surface area contributed by atoms with Crippen LogP contribution in [0.1, 0.15) is 17.3 Å². The van der Waals surface area contributed by atoms with Crippen LogP contribution in [-0.2, 0) is 0 Å². The average Bonchev–Trinajstić information content (AvgIpc) is 2.62. The van der Waals surface area contributed by atoms with Crippen LogP contribution in [0.4, 0.5) is 14.5 Å². The molecule has 4 nitrogen and oxygen atoms in total. The van der Waals surface area contributed by atoms with Gasteiger partial charge in [-0.3, -0.25) is 4.79 Å². The molecule has 2 aromatic rings. The van der Waals surface area contributed by atoms with Crippen molar-refractivity contribution in [1.82, 2.24) is 4.90 Å². The van der Waals surface area contributed by atoms with Crippen LogP contribution in [0.5, 0.6) is 5.75 Å². The molecule has 0 bridgehead atoms. The van der Waals surface area contributed by atoms with Crippen LogP contribution in [0.25, 0.3) is 0 Å². The number of benzene rings is 2. The molecule has 0 saturated carbocycles. The summed E-state index contributed by atoms with van der Waals surface area (Å²) in [6.45, 7) is 3.90. The second kappa shape index (κ2) is 7.09. The van der Waals surface area contributed by atoms with Crippen molar-refractivity contribution in [3.8, 4) is 5.75 Å². The molecule has 1 aliphatic rings. The van der Waals surface area contributed by atoms with E-state index in [1.807, 2.05) is 24.3 Å². The summed E-state index contributed by atoms with van der Waals surface area (Å²) >= 11 is 0. The summed E-state index contributed by atoms with van der Waals surface area (Å²) in [5, 5.41) is 0. The van der Waals surface area contributed by atoms with E-state index in [0.29, 0.717) is 13.1 Å². The van der Waals surface area contributed by atoms with Crippen LogP contribution in [0, 0.1) is 11.6 Å². The Morgan fingerprint density at radius 3 is 2.72 bits per heavy atom. The summed E-state index contributed by atoms with van der Waals surface area (Å²) in [5.41, 5.74) is 1.15. The second-order valence-corrected chi connectivity index (χ2v) is 6.06. The third-order valence-corrected chi connectivity index (χ3v) is 4.30. The first-order valence-corrected chi connectivity index (χ1v) is 8.20. The van der Waals surface area contributed by atoms with Gasteiger partial charge in [0.05, 0.1) is 18.8 Å². The molecule has 1 aliphatic heterocycles. The van der Waals surface area contributed by atoms with Crippen LogP contribution in [0.2, 0.25) is 0 Å². The number of halogens is 2. The topological polar surface area (TPSA) is 32.8 Å². The Bertz CT molecular complexity index is 782. The number of hydrogen-bond acceptors (Lipinski definition) is 3. The van der Waals surface area contributed by atoms with Gasteiger partial charge in [0.25, 0.3) is 5.91 Å². The SMILES string of the molecule is CCN1C[C@H](CN(C)C(=O)c2ccc(F)c(F)c2)Oc2ccccc21. The predicted octanol–water partition coefficient (Wildman–Crippen LogP) is 3.32. The van der Waals surface area contributed by atoms with Crippen LogP contribution < -0.4 is 9.64 Å². The van der Waals surface area contributed by atoms with Crippen molar-refractivity contribution in [2.24, 2.45) is 0 Å². The molecule has 1 amide bonds. The largest absolute Gasteiger partial charge is 0.485 e. The summed E-state index contributed by atoms with van der Waals surface area (Å²) in [6.07, 6.45) is -0.200. The van der Waals surface area contributed by atoms with Crippen molar-refractivity contribution >= 4 is 11.6 Å². The lowest BCUT2D eigenvalue weighted by atomic mass is 10.1. The molecule has 0 N–H and O–H groups in total. The van der Waals surface area contributed by atoms with Crippen molar-refractivity contribution in [3.63, 3.8) is 0 Å². The maximum absolute atomic E-state index is 13.3. The maximum atomic E-state index is 13.3. The van der Waals surface area contributed by atoms with Gasteiger partial charge in [0.2, 0.25) is 0 Å². The van der Waals surface area contributed by atoms with Gasteiger partial charge in [-0.2, -0.15) is 0 Å². The molecule has 0 aliphatic carbocycles. The smallest absolute Gasteiger partial charge is 0.253 e. The molecule has 0 saturated heterocycles. The first-order valence-electron chi connectivity index (χ1n) is 8.20. The van der Waals surface area contributed by atoms with Crippen LogP contribution in [0.3, 0.4) is 0 Å². The van der Waals surface area contributed by atoms with Gasteiger partial charge in [-0.05, 0) is 37.3 Å². The number of hydrogen-bond donors (Lipinski definition) is 0. The molecule has 0 aromatic heterocycles. The zero-order valence-corrected chi connectivity index (χ0v) is 14.2. The van der Waals surface area contributed by atoms with Gasteiger partial charge < -0.3 is 14.5 Å². The molecule has 0 unspecified atom stereocenters. The molecule has 1 heterocycles. The van der Waals surface area contributed by atoms with E-state index in [1.165, 1.54) is 11.0 Å². The second-order valence-electron chi connectivity index (χ2n) is 6.06. The monoisotopic (exact) mass is 346 g/mol. The van der Waals surface area contributed by atoms with Gasteiger partial charge in [-0.25, -0.2) is 8.78 Å². The van der Waals surface area contributed by atoms with Crippen LogP contribution >= 0.6 is 0 Å². The number of amides is 1. The van der Waals surface area contributed by atoms with E-state index in [-0.39, 0.29) is 17.6 Å². The number of ether oxygens (including phenoxy) is 1. The Hall–Kier alpha value is -2.63. The van der Waals surface area contributed by atoms with E-state index in [0.717, 1.165) is 30.1 Å². The molecule has 0 spiro atoms. The zero-order chi connectivity index (χ0) is 18.0. The zero-order valence-electron chi connectivity index (χ0n) is 14.2. The number of carbonyl (C=O) groups is 1. The highest BCUT2D eigenvalue weighted by Gasteiger charge is 2.27. The minimum atomic E-state index is -1.03. The number of para-hydroxylation sites is 2. The normalized spacial score (nSPS) is 16.2. The predicted molar refractivity (Wildman–Crippen MR) is 92.1 cm³/mol. The number of rotatable bonds is 4. The fraction of sp³-hybridized carbons (Fsp3) is 0.316. The first-order chi connectivity index (χ1) is 12.0. The Balaban J connectivity index is 1.71. The number of nitrogens with zero attached hydrogens (tertiary/aromatic N) is 2. The molecule has 2 aromatic carbocycles. The van der Waals surface area contributed by atoms with Gasteiger partial charge in [0.15, 0.2) is 11.6 Å². The molecule has 3 rings (SSSR count). The summed E-state index contributed by atoms with van der Waals surface area (Å²) < 4.78 is 32.4. The highest BCUT2D eigenvalue weighted by atomic mass is 19.2. The Labute approximate surface area is 145 Å². The van der Waals surface area contributed by atoms with Gasteiger partial charge >= 0.3 is 0 Å². The lowest BCUT2D eigenvalue weighted by molar-refractivity contribution is 0.0709. The fourth-order valence-corrected chi connectivity index (χ4v) is 3.01. The van der Waals surface area contributed by atoms with E-state index in [2.05, 4.69) is 11.8 Å². The van der Waals surface area contributed by atoms with Crippen molar-refractivity contribution in [3.05, 3.63) is 59.7 Å². The van der Waals surface area contributed by atoms with Gasteiger partial charge in [-0.15, -0.1) is 0 Å². The lowest BCUT2D eigenvalue weighted by Crippen LogP contribution is -2.46. The van der Waals surface area contributed by atoms with Crippen molar-refractivity contribution in [2.75, 3.05) is 31.6 Å². The Kier molecular flexibility index (Phi) is 4.88. The van der Waals surface area contributed by atoms with Crippen LogP contribution in [-0.4, -0.2) is 43.6 Å². The minimum absolute atomic E-state index is 0.116. The fourth-order valence-electron chi connectivity index (χ4n) is 3.01. The number of anilines is 1. The lowest BCUT2D eigenvalue weighted by Gasteiger charge is -2.37. The van der Waals surface area contributed by atoms with E-state index >= 15 is 0 Å². The third kappa shape index (κ3) is 3.57. The summed E-state index contributed by atoms with van der Waals surface area (Å²) in [5.74, 6) is -1.58. The molecular weight excluding hydrogens is 326 g/mol. The van der Waals surface area contributed by atoms with Gasteiger partial charge in [0, 0.05) is 19.2 Å². The number of fused-ring (bicyclic) bond motifs is 1. The highest BCUT2D eigenvalue weighted by Crippen LogP contribution is 2.32. The highest BCUT2D eigenvalue weighted by molar-refractivity contribution is 5.94. The van der Waals surface area contributed by atoms with E-state index in [9.17, 15) is 13.6 Å². The van der Waals surface area contributed by atoms with E-state index in [1.54, 1.807) is 7.05 Å². The maximum Gasteiger partial charge on any atom is 0.253 e. The molecule has 25 heavy (non-hydrogen) atoms. The van der Waals surface area contributed by atoms with Crippen molar-refractivity contribution < 1.29 is 18.3 Å². The summed E-state index contributed by atoms with van der Waals surface area (Å²) in [6, 6.07) is 10.9. The number of likely N-dealkylation sites (N-methyl/N-ethyl adjacent to an activating group) is 2. The van der Waals surface area contributed by atoms with Gasteiger partial charge in [0.1, 0.15) is 11.9 Å². The molecular formula is C19H20F2N2O2. The summed E-state index contributed by atoms with van der Waals surface area (Å²) in [4.78, 5) is 16.1. The standard InChI is InChI=1S/C19H20F2N2O2/c1-3-23-12-14(25-18-7-5-4-6-17(18)23)11-22(2)19(24)13-8-9-15(20)16(21)10-13/h4-10,14H,3,11-12H2,1-2H3/t14-/m0/s1. The average molecular weight is 346 g/mol. The first kappa shape index (κ1) is 17.2. The third-order valence-electron chi connectivity index (χ3n) is 4.30.